The first kappa shape index (κ1) is 21.0. The molecule has 0 unspecified atom stereocenters. The molecule has 158 valence electrons. The zero-order chi connectivity index (χ0) is 21.8. The van der Waals surface area contributed by atoms with Crippen molar-refractivity contribution in [2.45, 2.75) is 13.0 Å². The van der Waals surface area contributed by atoms with Crippen LogP contribution in [0.3, 0.4) is 0 Å². The highest BCUT2D eigenvalue weighted by Crippen LogP contribution is 2.06. The number of nitrogens with zero attached hydrogens (tertiary/aromatic N) is 4. The lowest BCUT2D eigenvalue weighted by Gasteiger charge is -2.08. The maximum Gasteiger partial charge on any atom is 0.332 e. The second-order valence-electron chi connectivity index (χ2n) is 6.64. The van der Waals surface area contributed by atoms with Crippen molar-refractivity contribution in [1.82, 2.24) is 24.0 Å². The van der Waals surface area contributed by atoms with Gasteiger partial charge in [-0.15, -0.1) is 0 Å². The molecule has 0 aliphatic heterocycles. The number of aryl methyl sites for hydroxylation is 1. The van der Waals surface area contributed by atoms with E-state index in [2.05, 4.69) is 10.3 Å². The van der Waals surface area contributed by atoms with Crippen LogP contribution in [0.1, 0.15) is 5.56 Å². The Morgan fingerprint density at radius 2 is 1.83 bits per heavy atom. The van der Waals surface area contributed by atoms with Crippen LogP contribution in [-0.4, -0.2) is 43.7 Å². The summed E-state index contributed by atoms with van der Waals surface area (Å²) in [6.45, 7) is -0.517. The van der Waals surface area contributed by atoms with E-state index < -0.39 is 29.7 Å². The SMILES string of the molecule is Cn1c(=O)c2c(ncn2CC(=O)OCC(=O)NCCc2ccc(F)cc2)n(C)c1=O. The normalized spacial score (nSPS) is 10.9. The Hall–Kier alpha value is -3.76. The molecule has 1 amide bonds. The van der Waals surface area contributed by atoms with Crippen LogP contribution in [0, 0.1) is 5.82 Å². The summed E-state index contributed by atoms with van der Waals surface area (Å²) >= 11 is 0. The van der Waals surface area contributed by atoms with Crippen LogP contribution in [0.2, 0.25) is 0 Å². The van der Waals surface area contributed by atoms with E-state index in [1.807, 2.05) is 0 Å². The third kappa shape index (κ3) is 4.45. The lowest BCUT2D eigenvalue weighted by Crippen LogP contribution is -2.37. The van der Waals surface area contributed by atoms with Crippen molar-refractivity contribution >= 4 is 23.0 Å². The highest BCUT2D eigenvalue weighted by Gasteiger charge is 2.17. The number of nitrogens with one attached hydrogen (secondary N) is 1. The minimum atomic E-state index is -0.737. The molecule has 0 atom stereocenters. The summed E-state index contributed by atoms with van der Waals surface area (Å²) in [6.07, 6.45) is 1.76. The number of benzene rings is 1. The summed E-state index contributed by atoms with van der Waals surface area (Å²) in [5, 5.41) is 2.60. The van der Waals surface area contributed by atoms with Gasteiger partial charge in [-0.2, -0.15) is 0 Å². The highest BCUT2D eigenvalue weighted by molar-refractivity contribution is 5.81. The standard InChI is InChI=1S/C19H20FN5O5/c1-23-17-16(18(28)24(2)19(23)29)25(11-22-17)9-15(27)30-10-14(26)21-8-7-12-3-5-13(20)6-4-12/h3-6,11H,7-10H2,1-2H3,(H,21,26). The van der Waals surface area contributed by atoms with E-state index in [1.54, 1.807) is 12.1 Å². The predicted octanol–water partition coefficient (Wildman–Crippen LogP) is -0.525. The van der Waals surface area contributed by atoms with E-state index in [0.717, 1.165) is 10.1 Å². The molecule has 0 saturated heterocycles. The fraction of sp³-hybridized carbons (Fsp3) is 0.316. The van der Waals surface area contributed by atoms with Gasteiger partial charge in [-0.05, 0) is 24.1 Å². The second-order valence-corrected chi connectivity index (χ2v) is 6.64. The summed E-state index contributed by atoms with van der Waals surface area (Å²) in [5.41, 5.74) is -0.0269. The van der Waals surface area contributed by atoms with E-state index in [9.17, 15) is 23.6 Å². The van der Waals surface area contributed by atoms with Crippen LogP contribution < -0.4 is 16.6 Å². The number of amides is 1. The number of halogens is 1. The molecule has 0 spiro atoms. The summed E-state index contributed by atoms with van der Waals surface area (Å²) in [5.74, 6) is -1.56. The van der Waals surface area contributed by atoms with E-state index in [4.69, 9.17) is 4.74 Å². The third-order valence-corrected chi connectivity index (χ3v) is 4.53. The molecule has 1 aromatic carbocycles. The van der Waals surface area contributed by atoms with Crippen molar-refractivity contribution < 1.29 is 18.7 Å². The van der Waals surface area contributed by atoms with Crippen LogP contribution >= 0.6 is 0 Å². The van der Waals surface area contributed by atoms with Crippen LogP contribution in [-0.2, 0) is 41.4 Å². The molecule has 10 nitrogen and oxygen atoms in total. The lowest BCUT2D eigenvalue weighted by atomic mass is 10.1. The maximum absolute atomic E-state index is 12.9. The Morgan fingerprint density at radius 3 is 2.53 bits per heavy atom. The number of ether oxygens (including phenoxy) is 1. The Labute approximate surface area is 169 Å². The molecule has 0 aliphatic rings. The monoisotopic (exact) mass is 417 g/mol. The number of rotatable bonds is 7. The van der Waals surface area contributed by atoms with E-state index in [-0.39, 0.29) is 23.5 Å². The van der Waals surface area contributed by atoms with E-state index in [1.165, 1.54) is 41.7 Å². The van der Waals surface area contributed by atoms with Gasteiger partial charge in [0.2, 0.25) is 0 Å². The highest BCUT2D eigenvalue weighted by atomic mass is 19.1. The van der Waals surface area contributed by atoms with Crippen molar-refractivity contribution in [3.63, 3.8) is 0 Å². The Balaban J connectivity index is 1.53. The molecule has 0 saturated carbocycles. The van der Waals surface area contributed by atoms with Crippen molar-refractivity contribution in [1.29, 1.82) is 0 Å². The molecule has 0 fully saturated rings. The van der Waals surface area contributed by atoms with Gasteiger partial charge in [0.25, 0.3) is 11.5 Å². The van der Waals surface area contributed by atoms with Crippen molar-refractivity contribution in [2.24, 2.45) is 14.1 Å². The van der Waals surface area contributed by atoms with Crippen LogP contribution in [0.4, 0.5) is 4.39 Å². The first-order chi connectivity index (χ1) is 14.3. The molecule has 30 heavy (non-hydrogen) atoms. The fourth-order valence-electron chi connectivity index (χ4n) is 2.90. The number of hydrogen-bond acceptors (Lipinski definition) is 6. The van der Waals surface area contributed by atoms with Crippen LogP contribution in [0.25, 0.3) is 11.2 Å². The van der Waals surface area contributed by atoms with Gasteiger partial charge < -0.3 is 14.6 Å². The van der Waals surface area contributed by atoms with Gasteiger partial charge in [-0.1, -0.05) is 12.1 Å². The summed E-state index contributed by atoms with van der Waals surface area (Å²) in [7, 11) is 2.80. The maximum atomic E-state index is 12.9. The number of carbonyl (C=O) groups excluding carboxylic acids is 2. The first-order valence-corrected chi connectivity index (χ1v) is 9.05. The molecule has 11 heteroatoms. The average molecular weight is 417 g/mol. The minimum Gasteiger partial charge on any atom is -0.454 e. The largest absolute Gasteiger partial charge is 0.454 e. The number of hydrogen-bond donors (Lipinski definition) is 1. The summed E-state index contributed by atoms with van der Waals surface area (Å²) < 4.78 is 21.2. The Morgan fingerprint density at radius 1 is 1.13 bits per heavy atom. The quantitative estimate of drug-likeness (QED) is 0.517. The minimum absolute atomic E-state index is 0.0836. The van der Waals surface area contributed by atoms with Crippen LogP contribution in [0.5, 0.6) is 0 Å². The van der Waals surface area contributed by atoms with Gasteiger partial charge in [0.15, 0.2) is 17.8 Å². The third-order valence-electron chi connectivity index (χ3n) is 4.53. The topological polar surface area (TPSA) is 117 Å². The van der Waals surface area contributed by atoms with Gasteiger partial charge in [0, 0.05) is 20.6 Å². The molecular formula is C19H20FN5O5. The fourth-order valence-corrected chi connectivity index (χ4v) is 2.90. The Kier molecular flexibility index (Phi) is 6.09. The molecule has 2 aromatic heterocycles. The average Bonchev–Trinajstić information content (AvgIpc) is 3.14. The molecule has 3 aromatic rings. The number of carbonyl (C=O) groups is 2. The molecular weight excluding hydrogens is 397 g/mol. The van der Waals surface area contributed by atoms with Gasteiger partial charge in [-0.3, -0.25) is 23.5 Å². The molecule has 0 radical (unpaired) electrons. The van der Waals surface area contributed by atoms with Gasteiger partial charge in [0.05, 0.1) is 6.33 Å². The number of esters is 1. The lowest BCUT2D eigenvalue weighted by molar-refractivity contribution is -0.149. The van der Waals surface area contributed by atoms with E-state index in [0.29, 0.717) is 13.0 Å². The van der Waals surface area contributed by atoms with Crippen molar-refractivity contribution in [3.05, 3.63) is 62.8 Å². The zero-order valence-corrected chi connectivity index (χ0v) is 16.4. The zero-order valence-electron chi connectivity index (χ0n) is 16.4. The Bertz CT molecular complexity index is 1210. The van der Waals surface area contributed by atoms with Crippen molar-refractivity contribution in [3.8, 4) is 0 Å². The smallest absolute Gasteiger partial charge is 0.332 e. The number of fused-ring (bicyclic) bond motifs is 1. The van der Waals surface area contributed by atoms with E-state index >= 15 is 0 Å². The molecule has 0 aliphatic carbocycles. The van der Waals surface area contributed by atoms with Gasteiger partial charge >= 0.3 is 11.7 Å². The van der Waals surface area contributed by atoms with Crippen molar-refractivity contribution in [2.75, 3.05) is 13.2 Å². The summed E-state index contributed by atoms with van der Waals surface area (Å²) in [6, 6.07) is 5.92. The number of imidazole rings is 1. The molecule has 3 rings (SSSR count). The summed E-state index contributed by atoms with van der Waals surface area (Å²) in [4.78, 5) is 52.2. The molecule has 2 heterocycles. The molecule has 1 N–H and O–H groups in total. The van der Waals surface area contributed by atoms with Gasteiger partial charge in [-0.25, -0.2) is 14.2 Å². The first-order valence-electron chi connectivity index (χ1n) is 9.05. The predicted molar refractivity (Wildman–Crippen MR) is 104 cm³/mol. The van der Waals surface area contributed by atoms with Gasteiger partial charge in [0.1, 0.15) is 12.4 Å². The number of aromatic nitrogens is 4. The molecule has 0 bridgehead atoms. The van der Waals surface area contributed by atoms with Crippen LogP contribution in [0.15, 0.2) is 40.2 Å². The second kappa shape index (κ2) is 8.72.